The van der Waals surface area contributed by atoms with Crippen LogP contribution in [-0.2, 0) is 0 Å². The fourth-order valence-corrected chi connectivity index (χ4v) is 1.61. The van der Waals surface area contributed by atoms with Crippen molar-refractivity contribution in [1.82, 2.24) is 0 Å². The van der Waals surface area contributed by atoms with E-state index in [4.69, 9.17) is 5.73 Å². The van der Waals surface area contributed by atoms with E-state index >= 15 is 0 Å². The number of hydrogen-bond donors (Lipinski definition) is 2. The molecule has 0 heterocycles. The highest BCUT2D eigenvalue weighted by Gasteiger charge is 2.11. The number of benzene rings is 2. The number of nitrogens with one attached hydrogen (secondary N) is 1. The topological polar surface area (TPSA) is 98.3 Å². The van der Waals surface area contributed by atoms with Crippen molar-refractivity contribution in [3.05, 3.63) is 64.0 Å². The van der Waals surface area contributed by atoms with Gasteiger partial charge in [0.2, 0.25) is 0 Å². The van der Waals surface area contributed by atoms with E-state index in [9.17, 15) is 19.3 Å². The molecule has 0 aliphatic heterocycles. The highest BCUT2D eigenvalue weighted by atomic mass is 19.1. The Morgan fingerprint density at radius 2 is 1.85 bits per heavy atom. The van der Waals surface area contributed by atoms with Crippen molar-refractivity contribution in [2.24, 2.45) is 0 Å². The lowest BCUT2D eigenvalue weighted by Crippen LogP contribution is -2.14. The zero-order valence-electron chi connectivity index (χ0n) is 10.2. The molecule has 0 aliphatic rings. The van der Waals surface area contributed by atoms with E-state index < -0.39 is 16.6 Å². The largest absolute Gasteiger partial charge is 0.398 e. The van der Waals surface area contributed by atoms with Gasteiger partial charge in [0.05, 0.1) is 10.5 Å². The van der Waals surface area contributed by atoms with Crippen LogP contribution in [0.4, 0.5) is 21.5 Å². The summed E-state index contributed by atoms with van der Waals surface area (Å²) < 4.78 is 12.9. The molecule has 20 heavy (non-hydrogen) atoms. The van der Waals surface area contributed by atoms with E-state index in [0.29, 0.717) is 5.69 Å². The number of nitrogens with zero attached hydrogens (tertiary/aromatic N) is 1. The number of carbonyl (C=O) groups excluding carboxylic acids is 1. The fourth-order valence-electron chi connectivity index (χ4n) is 1.61. The van der Waals surface area contributed by atoms with Gasteiger partial charge in [0.15, 0.2) is 0 Å². The maximum atomic E-state index is 12.9. The first-order valence-corrected chi connectivity index (χ1v) is 5.58. The van der Waals surface area contributed by atoms with Gasteiger partial charge in [-0.3, -0.25) is 14.9 Å². The number of rotatable bonds is 3. The highest BCUT2D eigenvalue weighted by Crippen LogP contribution is 2.18. The number of non-ortho nitro benzene ring substituents is 1. The van der Waals surface area contributed by atoms with Crippen molar-refractivity contribution < 1.29 is 14.1 Å². The Bertz CT molecular complexity index is 671. The van der Waals surface area contributed by atoms with Gasteiger partial charge in [0.25, 0.3) is 11.6 Å². The van der Waals surface area contributed by atoms with Crippen LogP contribution >= 0.6 is 0 Å². The molecule has 0 fully saturated rings. The van der Waals surface area contributed by atoms with Crippen LogP contribution in [-0.4, -0.2) is 10.8 Å². The lowest BCUT2D eigenvalue weighted by molar-refractivity contribution is -0.384. The highest BCUT2D eigenvalue weighted by molar-refractivity contribution is 6.07. The SMILES string of the molecule is Nc1cc(F)ccc1C(=O)Nc1ccc([N+](=O)[O-])cc1. The number of anilines is 2. The second-order valence-corrected chi connectivity index (χ2v) is 3.99. The number of nitrogens with two attached hydrogens (primary N) is 1. The number of halogens is 1. The minimum atomic E-state index is -0.538. The second-order valence-electron chi connectivity index (χ2n) is 3.99. The van der Waals surface area contributed by atoms with Crippen LogP contribution in [0.5, 0.6) is 0 Å². The molecule has 2 aromatic rings. The van der Waals surface area contributed by atoms with E-state index in [1.807, 2.05) is 0 Å². The quantitative estimate of drug-likeness (QED) is 0.511. The molecule has 3 N–H and O–H groups in total. The number of hydrogen-bond acceptors (Lipinski definition) is 4. The number of nitrogen functional groups attached to an aromatic ring is 1. The van der Waals surface area contributed by atoms with E-state index in [0.717, 1.165) is 12.1 Å². The molecule has 7 heteroatoms. The smallest absolute Gasteiger partial charge is 0.269 e. The standard InChI is InChI=1S/C13H10FN3O3/c14-8-1-6-11(12(15)7-8)13(18)16-9-2-4-10(5-3-9)17(19)20/h1-7H,15H2,(H,16,18). The van der Waals surface area contributed by atoms with Gasteiger partial charge in [-0.25, -0.2) is 4.39 Å². The van der Waals surface area contributed by atoms with E-state index in [1.165, 1.54) is 30.3 Å². The molecule has 0 bridgehead atoms. The van der Waals surface area contributed by atoms with Crippen LogP contribution in [0.3, 0.4) is 0 Å². The van der Waals surface area contributed by atoms with Gasteiger partial charge in [-0.15, -0.1) is 0 Å². The third kappa shape index (κ3) is 2.89. The Morgan fingerprint density at radius 3 is 2.40 bits per heavy atom. The number of nitro groups is 1. The first kappa shape index (κ1) is 13.5. The zero-order chi connectivity index (χ0) is 14.7. The van der Waals surface area contributed by atoms with Crippen molar-refractivity contribution >= 4 is 23.0 Å². The summed E-state index contributed by atoms with van der Waals surface area (Å²) in [5.41, 5.74) is 6.00. The van der Waals surface area contributed by atoms with Gasteiger partial charge >= 0.3 is 0 Å². The lowest BCUT2D eigenvalue weighted by atomic mass is 10.1. The van der Waals surface area contributed by atoms with E-state index in [-0.39, 0.29) is 16.9 Å². The third-order valence-electron chi connectivity index (χ3n) is 2.59. The van der Waals surface area contributed by atoms with Crippen LogP contribution in [0.25, 0.3) is 0 Å². The Balaban J connectivity index is 2.17. The average molecular weight is 275 g/mol. The first-order valence-electron chi connectivity index (χ1n) is 5.58. The van der Waals surface area contributed by atoms with Crippen molar-refractivity contribution in [2.75, 3.05) is 11.1 Å². The Labute approximate surface area is 113 Å². The molecule has 102 valence electrons. The monoisotopic (exact) mass is 275 g/mol. The summed E-state index contributed by atoms with van der Waals surface area (Å²) in [5.74, 6) is -1.05. The summed E-state index contributed by atoms with van der Waals surface area (Å²) >= 11 is 0. The minimum absolute atomic E-state index is 0.0180. The molecule has 0 saturated heterocycles. The second kappa shape index (κ2) is 5.35. The predicted octanol–water partition coefficient (Wildman–Crippen LogP) is 2.57. The molecule has 0 spiro atoms. The van der Waals surface area contributed by atoms with Crippen molar-refractivity contribution in [3.8, 4) is 0 Å². The van der Waals surface area contributed by atoms with Gasteiger partial charge in [-0.05, 0) is 30.3 Å². The molecule has 2 aromatic carbocycles. The summed E-state index contributed by atoms with van der Waals surface area (Å²) in [6.45, 7) is 0. The molecule has 0 aromatic heterocycles. The van der Waals surface area contributed by atoms with Gasteiger partial charge in [0.1, 0.15) is 5.82 Å². The fraction of sp³-hybridized carbons (Fsp3) is 0. The van der Waals surface area contributed by atoms with Gasteiger partial charge in [-0.2, -0.15) is 0 Å². The van der Waals surface area contributed by atoms with Crippen molar-refractivity contribution in [3.63, 3.8) is 0 Å². The summed E-state index contributed by atoms with van der Waals surface area (Å²) in [6.07, 6.45) is 0. The van der Waals surface area contributed by atoms with Gasteiger partial charge < -0.3 is 11.1 Å². The van der Waals surface area contributed by atoms with Crippen LogP contribution in [0.1, 0.15) is 10.4 Å². The lowest BCUT2D eigenvalue weighted by Gasteiger charge is -2.07. The maximum absolute atomic E-state index is 12.9. The molecule has 0 saturated carbocycles. The molecule has 0 atom stereocenters. The first-order chi connectivity index (χ1) is 9.47. The minimum Gasteiger partial charge on any atom is -0.398 e. The van der Waals surface area contributed by atoms with Crippen LogP contribution in [0.15, 0.2) is 42.5 Å². The zero-order valence-corrected chi connectivity index (χ0v) is 10.2. The molecule has 1 amide bonds. The van der Waals surface area contributed by atoms with Gasteiger partial charge in [0, 0.05) is 23.5 Å². The number of nitro benzene ring substituents is 1. The molecular weight excluding hydrogens is 265 g/mol. The summed E-state index contributed by atoms with van der Waals surface area (Å²) in [6, 6.07) is 8.77. The number of carbonyl (C=O) groups is 1. The molecule has 0 aliphatic carbocycles. The average Bonchev–Trinajstić information content (AvgIpc) is 2.39. The molecule has 0 unspecified atom stereocenters. The van der Waals surface area contributed by atoms with Crippen LogP contribution < -0.4 is 11.1 Å². The van der Waals surface area contributed by atoms with Gasteiger partial charge in [-0.1, -0.05) is 0 Å². The Kier molecular flexibility index (Phi) is 3.60. The van der Waals surface area contributed by atoms with E-state index in [1.54, 1.807) is 0 Å². The Morgan fingerprint density at radius 1 is 1.20 bits per heavy atom. The summed E-state index contributed by atoms with van der Waals surface area (Å²) in [5, 5.41) is 13.0. The Hall–Kier alpha value is -2.96. The van der Waals surface area contributed by atoms with E-state index in [2.05, 4.69) is 5.32 Å². The van der Waals surface area contributed by atoms with Crippen LogP contribution in [0.2, 0.25) is 0 Å². The van der Waals surface area contributed by atoms with Crippen molar-refractivity contribution in [1.29, 1.82) is 0 Å². The molecular formula is C13H10FN3O3. The normalized spacial score (nSPS) is 10.1. The summed E-state index contributed by atoms with van der Waals surface area (Å²) in [4.78, 5) is 21.9. The predicted molar refractivity (Wildman–Crippen MR) is 71.9 cm³/mol. The number of amides is 1. The third-order valence-corrected chi connectivity index (χ3v) is 2.59. The summed E-state index contributed by atoms with van der Waals surface area (Å²) in [7, 11) is 0. The van der Waals surface area contributed by atoms with Crippen molar-refractivity contribution in [2.45, 2.75) is 0 Å². The molecule has 0 radical (unpaired) electrons. The van der Waals surface area contributed by atoms with Crippen LogP contribution in [0, 0.1) is 15.9 Å². The molecule has 2 rings (SSSR count). The molecule has 6 nitrogen and oxygen atoms in total. The maximum Gasteiger partial charge on any atom is 0.269 e.